The third-order valence-corrected chi connectivity index (χ3v) is 2.32. The summed E-state index contributed by atoms with van der Waals surface area (Å²) >= 11 is 0. The summed E-state index contributed by atoms with van der Waals surface area (Å²) in [5.41, 5.74) is 5.23. The molecule has 78 valence electrons. The van der Waals surface area contributed by atoms with Gasteiger partial charge in [0.25, 0.3) is 0 Å². The van der Waals surface area contributed by atoms with Gasteiger partial charge in [0.15, 0.2) is 0 Å². The Balaban J connectivity index is 2.73. The molecule has 0 aromatic heterocycles. The van der Waals surface area contributed by atoms with Crippen LogP contribution in [0.25, 0.3) is 0 Å². The predicted molar refractivity (Wildman–Crippen MR) is 57.8 cm³/mol. The molecular weight excluding hydrogens is 176 g/mol. The number of hydrogen-bond acceptors (Lipinski definition) is 3. The van der Waals surface area contributed by atoms with Crippen molar-refractivity contribution >= 4 is 0 Å². The van der Waals surface area contributed by atoms with Gasteiger partial charge in [0.05, 0.1) is 12.6 Å². The first-order chi connectivity index (χ1) is 6.81. The molecule has 3 heteroatoms. The summed E-state index contributed by atoms with van der Waals surface area (Å²) in [5.74, 6) is 5.43. The number of benzene rings is 1. The van der Waals surface area contributed by atoms with Crippen LogP contribution in [0.3, 0.4) is 0 Å². The number of ether oxygens (including phenoxy) is 1. The van der Waals surface area contributed by atoms with Gasteiger partial charge in [0.2, 0.25) is 0 Å². The van der Waals surface area contributed by atoms with Crippen molar-refractivity contribution < 1.29 is 4.74 Å². The Morgan fingerprint density at radius 3 is 2.43 bits per heavy atom. The van der Waals surface area contributed by atoms with Gasteiger partial charge < -0.3 is 4.74 Å². The predicted octanol–water partition coefficient (Wildman–Crippen LogP) is 1.40. The third-order valence-electron chi connectivity index (χ3n) is 2.32. The van der Waals surface area contributed by atoms with E-state index in [1.807, 2.05) is 0 Å². The molecule has 0 fully saturated rings. The number of rotatable bonds is 5. The Morgan fingerprint density at radius 2 is 2.00 bits per heavy atom. The van der Waals surface area contributed by atoms with Crippen LogP contribution in [0, 0.1) is 0 Å². The van der Waals surface area contributed by atoms with Crippen molar-refractivity contribution in [1.82, 2.24) is 5.43 Å². The van der Waals surface area contributed by atoms with Gasteiger partial charge in [-0.2, -0.15) is 0 Å². The second-order valence-corrected chi connectivity index (χ2v) is 3.27. The van der Waals surface area contributed by atoms with Gasteiger partial charge in [-0.05, 0) is 17.5 Å². The van der Waals surface area contributed by atoms with Crippen molar-refractivity contribution in [2.24, 2.45) is 5.84 Å². The summed E-state index contributed by atoms with van der Waals surface area (Å²) in [7, 11) is 1.67. The van der Waals surface area contributed by atoms with E-state index in [-0.39, 0.29) is 6.04 Å². The Kier molecular flexibility index (Phi) is 4.59. The molecule has 0 aliphatic rings. The minimum absolute atomic E-state index is 0.0749. The maximum Gasteiger partial charge on any atom is 0.0693 e. The molecule has 0 spiro atoms. The minimum atomic E-state index is 0.0749. The standard InChI is InChI=1S/C11H18N2O/c1-3-9-4-6-10(7-5-9)11(13-12)8-14-2/h4-7,11,13H,3,8,12H2,1-2H3. The number of nitrogens with one attached hydrogen (secondary N) is 1. The topological polar surface area (TPSA) is 47.3 Å². The maximum absolute atomic E-state index is 5.43. The molecular formula is C11H18N2O. The molecule has 0 radical (unpaired) electrons. The first-order valence-electron chi connectivity index (χ1n) is 4.85. The molecule has 0 saturated carbocycles. The minimum Gasteiger partial charge on any atom is -0.383 e. The van der Waals surface area contributed by atoms with Crippen LogP contribution in [0.5, 0.6) is 0 Å². The molecule has 1 atom stereocenters. The van der Waals surface area contributed by atoms with Crippen LogP contribution in [0.1, 0.15) is 24.1 Å². The first-order valence-corrected chi connectivity index (χ1v) is 4.85. The van der Waals surface area contributed by atoms with Gasteiger partial charge in [-0.3, -0.25) is 11.3 Å². The Morgan fingerprint density at radius 1 is 1.36 bits per heavy atom. The molecule has 1 aromatic carbocycles. The molecule has 0 bridgehead atoms. The number of methoxy groups -OCH3 is 1. The maximum atomic E-state index is 5.43. The molecule has 3 N–H and O–H groups in total. The van der Waals surface area contributed by atoms with Gasteiger partial charge in [0.1, 0.15) is 0 Å². The fourth-order valence-electron chi connectivity index (χ4n) is 1.39. The summed E-state index contributed by atoms with van der Waals surface area (Å²) in [5, 5.41) is 0. The lowest BCUT2D eigenvalue weighted by Crippen LogP contribution is -2.31. The molecule has 0 aliphatic heterocycles. The fourth-order valence-corrected chi connectivity index (χ4v) is 1.39. The van der Waals surface area contributed by atoms with Crippen molar-refractivity contribution in [1.29, 1.82) is 0 Å². The van der Waals surface area contributed by atoms with E-state index in [9.17, 15) is 0 Å². The number of hydrazine groups is 1. The molecule has 3 nitrogen and oxygen atoms in total. The van der Waals surface area contributed by atoms with E-state index < -0.39 is 0 Å². The second kappa shape index (κ2) is 5.75. The van der Waals surface area contributed by atoms with E-state index in [2.05, 4.69) is 36.6 Å². The molecule has 1 rings (SSSR count). The SMILES string of the molecule is CCc1ccc(C(COC)NN)cc1. The van der Waals surface area contributed by atoms with E-state index in [4.69, 9.17) is 10.6 Å². The molecule has 0 heterocycles. The monoisotopic (exact) mass is 194 g/mol. The van der Waals surface area contributed by atoms with Gasteiger partial charge in [-0.15, -0.1) is 0 Å². The fraction of sp³-hybridized carbons (Fsp3) is 0.455. The number of aryl methyl sites for hydroxylation is 1. The van der Waals surface area contributed by atoms with Crippen LogP contribution in [0.4, 0.5) is 0 Å². The molecule has 0 aliphatic carbocycles. The van der Waals surface area contributed by atoms with Crippen molar-refractivity contribution in [2.45, 2.75) is 19.4 Å². The lowest BCUT2D eigenvalue weighted by molar-refractivity contribution is 0.167. The summed E-state index contributed by atoms with van der Waals surface area (Å²) in [4.78, 5) is 0. The van der Waals surface area contributed by atoms with Gasteiger partial charge in [0, 0.05) is 7.11 Å². The molecule has 1 unspecified atom stereocenters. The lowest BCUT2D eigenvalue weighted by atomic mass is 10.0. The first kappa shape index (κ1) is 11.2. The summed E-state index contributed by atoms with van der Waals surface area (Å²) in [6, 6.07) is 8.49. The summed E-state index contributed by atoms with van der Waals surface area (Å²) in [6.07, 6.45) is 1.06. The van der Waals surface area contributed by atoms with Gasteiger partial charge in [-0.1, -0.05) is 31.2 Å². The molecule has 14 heavy (non-hydrogen) atoms. The molecule has 0 amide bonds. The Bertz CT molecular complexity index is 258. The molecule has 0 saturated heterocycles. The van der Waals surface area contributed by atoms with Crippen LogP contribution >= 0.6 is 0 Å². The third kappa shape index (κ3) is 2.80. The number of hydrogen-bond donors (Lipinski definition) is 2. The van der Waals surface area contributed by atoms with Crippen LogP contribution in [0.15, 0.2) is 24.3 Å². The zero-order chi connectivity index (χ0) is 10.4. The smallest absolute Gasteiger partial charge is 0.0693 e. The van der Waals surface area contributed by atoms with E-state index in [1.54, 1.807) is 7.11 Å². The van der Waals surface area contributed by atoms with Crippen molar-refractivity contribution in [3.8, 4) is 0 Å². The van der Waals surface area contributed by atoms with Gasteiger partial charge in [-0.25, -0.2) is 0 Å². The highest BCUT2D eigenvalue weighted by atomic mass is 16.5. The van der Waals surface area contributed by atoms with Crippen molar-refractivity contribution in [3.63, 3.8) is 0 Å². The quantitative estimate of drug-likeness (QED) is 0.550. The number of nitrogens with two attached hydrogens (primary N) is 1. The van der Waals surface area contributed by atoms with Gasteiger partial charge >= 0.3 is 0 Å². The largest absolute Gasteiger partial charge is 0.383 e. The van der Waals surface area contributed by atoms with E-state index in [0.29, 0.717) is 6.61 Å². The summed E-state index contributed by atoms with van der Waals surface area (Å²) in [6.45, 7) is 2.73. The molecule has 1 aromatic rings. The van der Waals surface area contributed by atoms with Crippen molar-refractivity contribution in [2.75, 3.05) is 13.7 Å². The van der Waals surface area contributed by atoms with E-state index in [0.717, 1.165) is 12.0 Å². The van der Waals surface area contributed by atoms with Crippen LogP contribution in [0.2, 0.25) is 0 Å². The highest BCUT2D eigenvalue weighted by Crippen LogP contribution is 2.13. The van der Waals surface area contributed by atoms with E-state index in [1.165, 1.54) is 5.56 Å². The normalized spacial score (nSPS) is 12.8. The lowest BCUT2D eigenvalue weighted by Gasteiger charge is -2.15. The Labute approximate surface area is 85.2 Å². The average molecular weight is 194 g/mol. The zero-order valence-electron chi connectivity index (χ0n) is 8.79. The highest BCUT2D eigenvalue weighted by Gasteiger charge is 2.07. The van der Waals surface area contributed by atoms with Crippen LogP contribution < -0.4 is 11.3 Å². The average Bonchev–Trinajstić information content (AvgIpc) is 2.26. The zero-order valence-corrected chi connectivity index (χ0v) is 8.79. The highest BCUT2D eigenvalue weighted by molar-refractivity contribution is 5.24. The summed E-state index contributed by atoms with van der Waals surface area (Å²) < 4.78 is 5.06. The van der Waals surface area contributed by atoms with Crippen molar-refractivity contribution in [3.05, 3.63) is 35.4 Å². The van der Waals surface area contributed by atoms with Crippen LogP contribution in [-0.4, -0.2) is 13.7 Å². The Hall–Kier alpha value is -0.900. The second-order valence-electron chi connectivity index (χ2n) is 3.27. The van der Waals surface area contributed by atoms with Crippen LogP contribution in [-0.2, 0) is 11.2 Å². The van der Waals surface area contributed by atoms with E-state index >= 15 is 0 Å².